The van der Waals surface area contributed by atoms with Gasteiger partial charge >= 0.3 is 0 Å². The summed E-state index contributed by atoms with van der Waals surface area (Å²) < 4.78 is 13.9. The first-order valence-electron chi connectivity index (χ1n) is 6.15. The molecule has 0 spiro atoms. The standard InChI is InChI=1S/C15H11BrFNO2/c16-12-4-2-10(7-14(12)19)15(20)18-6-5-9-1-3-11(17)8-13(9)18/h1-4,7-8,19H,5-6H2. The summed E-state index contributed by atoms with van der Waals surface area (Å²) in [5.74, 6) is -0.589. The molecule has 0 saturated carbocycles. The van der Waals surface area contributed by atoms with Gasteiger partial charge in [-0.2, -0.15) is 0 Å². The molecular weight excluding hydrogens is 325 g/mol. The summed E-state index contributed by atoms with van der Waals surface area (Å²) in [6, 6.07) is 9.13. The number of hydrogen-bond acceptors (Lipinski definition) is 2. The van der Waals surface area contributed by atoms with Crippen molar-refractivity contribution in [2.45, 2.75) is 6.42 Å². The van der Waals surface area contributed by atoms with Crippen LogP contribution in [0.1, 0.15) is 15.9 Å². The number of nitrogens with zero attached hydrogens (tertiary/aromatic N) is 1. The number of carbonyl (C=O) groups excluding carboxylic acids is 1. The predicted octanol–water partition coefficient (Wildman–Crippen LogP) is 3.50. The first-order chi connectivity index (χ1) is 9.56. The molecule has 0 saturated heterocycles. The highest BCUT2D eigenvalue weighted by Crippen LogP contribution is 2.31. The third kappa shape index (κ3) is 2.18. The van der Waals surface area contributed by atoms with E-state index in [1.54, 1.807) is 23.1 Å². The van der Waals surface area contributed by atoms with Crippen molar-refractivity contribution in [3.63, 3.8) is 0 Å². The smallest absolute Gasteiger partial charge is 0.258 e. The lowest BCUT2D eigenvalue weighted by Gasteiger charge is -2.17. The van der Waals surface area contributed by atoms with E-state index in [9.17, 15) is 14.3 Å². The Hall–Kier alpha value is -1.88. The van der Waals surface area contributed by atoms with E-state index < -0.39 is 0 Å². The Morgan fingerprint density at radius 3 is 2.80 bits per heavy atom. The normalized spacial score (nSPS) is 13.4. The Morgan fingerprint density at radius 2 is 2.05 bits per heavy atom. The zero-order valence-electron chi connectivity index (χ0n) is 10.4. The molecule has 5 heteroatoms. The average molecular weight is 336 g/mol. The van der Waals surface area contributed by atoms with Crippen molar-refractivity contribution in [1.82, 2.24) is 0 Å². The molecule has 0 atom stereocenters. The Labute approximate surface area is 123 Å². The zero-order valence-corrected chi connectivity index (χ0v) is 12.0. The summed E-state index contributed by atoms with van der Waals surface area (Å²) >= 11 is 3.17. The van der Waals surface area contributed by atoms with Crippen molar-refractivity contribution in [3.8, 4) is 5.75 Å². The van der Waals surface area contributed by atoms with Crippen molar-refractivity contribution in [2.75, 3.05) is 11.4 Å². The van der Waals surface area contributed by atoms with E-state index in [0.29, 0.717) is 28.7 Å². The lowest BCUT2D eigenvalue weighted by atomic mass is 10.1. The summed E-state index contributed by atoms with van der Waals surface area (Å²) in [4.78, 5) is 14.0. The fourth-order valence-corrected chi connectivity index (χ4v) is 2.61. The summed E-state index contributed by atoms with van der Waals surface area (Å²) in [5.41, 5.74) is 1.95. The Kier molecular flexibility index (Phi) is 3.22. The van der Waals surface area contributed by atoms with Gasteiger partial charge in [-0.15, -0.1) is 0 Å². The molecule has 102 valence electrons. The molecule has 0 aliphatic carbocycles. The van der Waals surface area contributed by atoms with Gasteiger partial charge in [-0.05, 0) is 58.2 Å². The van der Waals surface area contributed by atoms with Crippen LogP contribution in [-0.4, -0.2) is 17.6 Å². The van der Waals surface area contributed by atoms with E-state index in [-0.39, 0.29) is 17.5 Å². The van der Waals surface area contributed by atoms with E-state index >= 15 is 0 Å². The number of carbonyl (C=O) groups is 1. The molecule has 2 aromatic rings. The number of benzene rings is 2. The molecule has 1 N–H and O–H groups in total. The molecule has 1 amide bonds. The molecule has 0 unspecified atom stereocenters. The van der Waals surface area contributed by atoms with E-state index in [2.05, 4.69) is 15.9 Å². The van der Waals surface area contributed by atoms with Gasteiger partial charge in [0.2, 0.25) is 0 Å². The first kappa shape index (κ1) is 13.1. The summed E-state index contributed by atoms with van der Waals surface area (Å²) in [7, 11) is 0. The van der Waals surface area contributed by atoms with Crippen LogP contribution in [0.25, 0.3) is 0 Å². The minimum atomic E-state index is -0.359. The number of hydrogen-bond donors (Lipinski definition) is 1. The highest BCUT2D eigenvalue weighted by atomic mass is 79.9. The van der Waals surface area contributed by atoms with E-state index in [1.807, 2.05) is 0 Å². The van der Waals surface area contributed by atoms with Crippen LogP contribution in [0.15, 0.2) is 40.9 Å². The topological polar surface area (TPSA) is 40.5 Å². The largest absolute Gasteiger partial charge is 0.507 e. The number of phenolic OH excluding ortho intramolecular Hbond substituents is 1. The Morgan fingerprint density at radius 1 is 1.25 bits per heavy atom. The second-order valence-electron chi connectivity index (χ2n) is 4.65. The van der Waals surface area contributed by atoms with Crippen LogP contribution in [0.4, 0.5) is 10.1 Å². The van der Waals surface area contributed by atoms with Crippen LogP contribution in [0.3, 0.4) is 0 Å². The van der Waals surface area contributed by atoms with E-state index in [1.165, 1.54) is 18.2 Å². The van der Waals surface area contributed by atoms with Gasteiger partial charge in [0.1, 0.15) is 11.6 Å². The van der Waals surface area contributed by atoms with Gasteiger partial charge in [0.15, 0.2) is 0 Å². The summed E-state index contributed by atoms with van der Waals surface area (Å²) in [6.07, 6.45) is 0.712. The molecule has 0 fully saturated rings. The van der Waals surface area contributed by atoms with Crippen LogP contribution >= 0.6 is 15.9 Å². The maximum Gasteiger partial charge on any atom is 0.258 e. The maximum atomic E-state index is 13.3. The molecule has 3 rings (SSSR count). The molecular formula is C15H11BrFNO2. The molecule has 0 bridgehead atoms. The van der Waals surface area contributed by atoms with Gasteiger partial charge < -0.3 is 10.0 Å². The van der Waals surface area contributed by atoms with E-state index in [4.69, 9.17) is 0 Å². The summed E-state index contributed by atoms with van der Waals surface area (Å²) in [5, 5.41) is 9.65. The SMILES string of the molecule is O=C(c1ccc(Br)c(O)c1)N1CCc2ccc(F)cc21. The number of fused-ring (bicyclic) bond motifs is 1. The van der Waals surface area contributed by atoms with Gasteiger partial charge in [0.25, 0.3) is 5.91 Å². The molecule has 20 heavy (non-hydrogen) atoms. The van der Waals surface area contributed by atoms with Crippen LogP contribution in [0.5, 0.6) is 5.75 Å². The lowest BCUT2D eigenvalue weighted by molar-refractivity contribution is 0.0989. The van der Waals surface area contributed by atoms with Gasteiger partial charge in [-0.3, -0.25) is 4.79 Å². The average Bonchev–Trinajstić information content (AvgIpc) is 2.84. The van der Waals surface area contributed by atoms with Gasteiger partial charge in [0.05, 0.1) is 10.2 Å². The molecule has 1 aliphatic rings. The van der Waals surface area contributed by atoms with Crippen LogP contribution in [0.2, 0.25) is 0 Å². The predicted molar refractivity (Wildman–Crippen MR) is 77.6 cm³/mol. The van der Waals surface area contributed by atoms with Crippen LogP contribution < -0.4 is 4.90 Å². The van der Waals surface area contributed by atoms with Crippen molar-refractivity contribution in [3.05, 3.63) is 57.8 Å². The fourth-order valence-electron chi connectivity index (χ4n) is 2.36. The minimum absolute atomic E-state index is 0.00881. The highest BCUT2D eigenvalue weighted by Gasteiger charge is 2.26. The fraction of sp³-hybridized carbons (Fsp3) is 0.133. The quantitative estimate of drug-likeness (QED) is 0.866. The van der Waals surface area contributed by atoms with Crippen LogP contribution in [-0.2, 0) is 6.42 Å². The van der Waals surface area contributed by atoms with E-state index in [0.717, 1.165) is 5.56 Å². The summed E-state index contributed by atoms with van der Waals surface area (Å²) in [6.45, 7) is 0.522. The Balaban J connectivity index is 1.97. The molecule has 0 aromatic heterocycles. The van der Waals surface area contributed by atoms with Crippen molar-refractivity contribution >= 4 is 27.5 Å². The van der Waals surface area contributed by atoms with Gasteiger partial charge in [-0.25, -0.2) is 4.39 Å². The van der Waals surface area contributed by atoms with Crippen molar-refractivity contribution in [2.24, 2.45) is 0 Å². The number of rotatable bonds is 1. The van der Waals surface area contributed by atoms with Gasteiger partial charge in [-0.1, -0.05) is 6.07 Å². The zero-order chi connectivity index (χ0) is 14.3. The van der Waals surface area contributed by atoms with Crippen molar-refractivity contribution in [1.29, 1.82) is 0 Å². The second-order valence-corrected chi connectivity index (χ2v) is 5.50. The molecule has 2 aromatic carbocycles. The number of anilines is 1. The third-order valence-electron chi connectivity index (χ3n) is 3.38. The lowest BCUT2D eigenvalue weighted by Crippen LogP contribution is -2.28. The minimum Gasteiger partial charge on any atom is -0.507 e. The third-order valence-corrected chi connectivity index (χ3v) is 4.05. The van der Waals surface area contributed by atoms with Gasteiger partial charge in [0, 0.05) is 12.1 Å². The van der Waals surface area contributed by atoms with Crippen molar-refractivity contribution < 1.29 is 14.3 Å². The Bertz CT molecular complexity index is 702. The number of aromatic hydroxyl groups is 1. The molecule has 0 radical (unpaired) electrons. The molecule has 1 heterocycles. The molecule has 3 nitrogen and oxygen atoms in total. The first-order valence-corrected chi connectivity index (χ1v) is 6.94. The monoisotopic (exact) mass is 335 g/mol. The number of halogens is 2. The number of phenols is 1. The van der Waals surface area contributed by atoms with Crippen LogP contribution in [0, 0.1) is 5.82 Å². The molecule has 1 aliphatic heterocycles. The highest BCUT2D eigenvalue weighted by molar-refractivity contribution is 9.10. The second kappa shape index (κ2) is 4.90. The maximum absolute atomic E-state index is 13.3. The number of amides is 1.